The standard InChI is InChI=1S/C16H18N6/c1-12-4-7-16(21-20-12)22-8-2-3-14(11-22)19-15-6-5-13(9-17)10-18-15/h4-7,10,14H,2-3,8,11H2,1H3,(H,18,19)/t14-/m1/s1. The molecule has 2 aromatic heterocycles. The van der Waals surface area contributed by atoms with Crippen molar-refractivity contribution in [2.75, 3.05) is 23.3 Å². The summed E-state index contributed by atoms with van der Waals surface area (Å²) in [6.07, 6.45) is 3.79. The van der Waals surface area contributed by atoms with E-state index in [9.17, 15) is 0 Å². The third-order valence-electron chi connectivity index (χ3n) is 3.77. The molecule has 1 aliphatic heterocycles. The Balaban J connectivity index is 1.65. The molecule has 1 atom stereocenters. The average Bonchev–Trinajstić information content (AvgIpc) is 2.56. The minimum atomic E-state index is 0.317. The van der Waals surface area contributed by atoms with Crippen LogP contribution >= 0.6 is 0 Å². The van der Waals surface area contributed by atoms with E-state index in [2.05, 4.69) is 31.5 Å². The maximum atomic E-state index is 8.80. The maximum Gasteiger partial charge on any atom is 0.151 e. The van der Waals surface area contributed by atoms with Gasteiger partial charge in [0, 0.05) is 25.3 Å². The summed E-state index contributed by atoms with van der Waals surface area (Å²) in [7, 11) is 0. The third kappa shape index (κ3) is 3.31. The van der Waals surface area contributed by atoms with E-state index in [4.69, 9.17) is 5.26 Å². The number of rotatable bonds is 3. The first-order valence-electron chi connectivity index (χ1n) is 7.42. The molecule has 2 aromatic rings. The van der Waals surface area contributed by atoms with Gasteiger partial charge in [-0.2, -0.15) is 10.4 Å². The van der Waals surface area contributed by atoms with Gasteiger partial charge in [0.15, 0.2) is 5.82 Å². The highest BCUT2D eigenvalue weighted by atomic mass is 15.3. The number of pyridine rings is 1. The molecule has 1 aliphatic rings. The molecule has 0 radical (unpaired) electrons. The third-order valence-corrected chi connectivity index (χ3v) is 3.77. The minimum Gasteiger partial charge on any atom is -0.366 e. The van der Waals surface area contributed by atoms with Crippen LogP contribution in [0.4, 0.5) is 11.6 Å². The fraction of sp³-hybridized carbons (Fsp3) is 0.375. The zero-order chi connectivity index (χ0) is 15.4. The highest BCUT2D eigenvalue weighted by molar-refractivity contribution is 5.42. The lowest BCUT2D eigenvalue weighted by Gasteiger charge is -2.33. The zero-order valence-electron chi connectivity index (χ0n) is 12.5. The summed E-state index contributed by atoms with van der Waals surface area (Å²) in [5, 5.41) is 20.6. The van der Waals surface area contributed by atoms with E-state index in [0.29, 0.717) is 11.6 Å². The van der Waals surface area contributed by atoms with E-state index in [-0.39, 0.29) is 0 Å². The van der Waals surface area contributed by atoms with Crippen LogP contribution in [-0.4, -0.2) is 34.3 Å². The van der Waals surface area contributed by atoms with E-state index in [1.54, 1.807) is 12.3 Å². The van der Waals surface area contributed by atoms with Crippen LogP contribution in [0.3, 0.4) is 0 Å². The first-order chi connectivity index (χ1) is 10.7. The van der Waals surface area contributed by atoms with Crippen molar-refractivity contribution in [2.24, 2.45) is 0 Å². The molecule has 3 heterocycles. The Hall–Kier alpha value is -2.68. The summed E-state index contributed by atoms with van der Waals surface area (Å²) >= 11 is 0. The van der Waals surface area contributed by atoms with Gasteiger partial charge in [-0.3, -0.25) is 0 Å². The van der Waals surface area contributed by atoms with Gasteiger partial charge < -0.3 is 10.2 Å². The molecule has 0 amide bonds. The smallest absolute Gasteiger partial charge is 0.151 e. The Bertz CT molecular complexity index is 659. The Kier molecular flexibility index (Phi) is 4.15. The molecule has 0 aromatic carbocycles. The lowest BCUT2D eigenvalue weighted by Crippen LogP contribution is -2.42. The van der Waals surface area contributed by atoms with Crippen molar-refractivity contribution in [1.29, 1.82) is 5.26 Å². The molecule has 1 fully saturated rings. The van der Waals surface area contributed by atoms with Crippen LogP contribution in [0, 0.1) is 18.3 Å². The van der Waals surface area contributed by atoms with Gasteiger partial charge in [0.05, 0.1) is 11.3 Å². The molecule has 22 heavy (non-hydrogen) atoms. The lowest BCUT2D eigenvalue weighted by atomic mass is 10.1. The van der Waals surface area contributed by atoms with Crippen molar-refractivity contribution in [1.82, 2.24) is 15.2 Å². The normalized spacial score (nSPS) is 17.8. The number of aryl methyl sites for hydroxylation is 1. The number of nitrogens with one attached hydrogen (secondary N) is 1. The van der Waals surface area contributed by atoms with Crippen LogP contribution in [-0.2, 0) is 0 Å². The molecule has 1 N–H and O–H groups in total. The number of anilines is 2. The molecule has 112 valence electrons. The Morgan fingerprint density at radius 2 is 2.18 bits per heavy atom. The molecule has 0 bridgehead atoms. The number of nitrogens with zero attached hydrogens (tertiary/aromatic N) is 5. The molecule has 0 saturated carbocycles. The van der Waals surface area contributed by atoms with Gasteiger partial charge in [0.2, 0.25) is 0 Å². The summed E-state index contributed by atoms with van der Waals surface area (Å²) in [5.41, 5.74) is 1.50. The van der Waals surface area contributed by atoms with E-state index in [0.717, 1.165) is 43.3 Å². The lowest BCUT2D eigenvalue weighted by molar-refractivity contribution is 0.524. The molecule has 1 saturated heterocycles. The highest BCUT2D eigenvalue weighted by Gasteiger charge is 2.21. The second-order valence-electron chi connectivity index (χ2n) is 5.51. The minimum absolute atomic E-state index is 0.317. The zero-order valence-corrected chi connectivity index (χ0v) is 12.5. The SMILES string of the molecule is Cc1ccc(N2CCC[C@@H](Nc3ccc(C#N)cn3)C2)nn1. The van der Waals surface area contributed by atoms with Gasteiger partial charge in [0.25, 0.3) is 0 Å². The molecule has 3 rings (SSSR count). The maximum absolute atomic E-state index is 8.80. The quantitative estimate of drug-likeness (QED) is 0.934. The largest absolute Gasteiger partial charge is 0.366 e. The van der Waals surface area contributed by atoms with Crippen molar-refractivity contribution in [3.8, 4) is 6.07 Å². The van der Waals surface area contributed by atoms with Crippen molar-refractivity contribution in [2.45, 2.75) is 25.8 Å². The van der Waals surface area contributed by atoms with Crippen LogP contribution in [0.2, 0.25) is 0 Å². The van der Waals surface area contributed by atoms with Crippen molar-refractivity contribution in [3.63, 3.8) is 0 Å². The van der Waals surface area contributed by atoms with Crippen LogP contribution in [0.1, 0.15) is 24.1 Å². The summed E-state index contributed by atoms with van der Waals surface area (Å²) < 4.78 is 0. The first-order valence-corrected chi connectivity index (χ1v) is 7.42. The van der Waals surface area contributed by atoms with Gasteiger partial charge in [-0.15, -0.1) is 5.10 Å². The molecule has 0 unspecified atom stereocenters. The number of hydrogen-bond acceptors (Lipinski definition) is 6. The number of aromatic nitrogens is 3. The van der Waals surface area contributed by atoms with Crippen LogP contribution in [0.25, 0.3) is 0 Å². The topological polar surface area (TPSA) is 77.7 Å². The second-order valence-corrected chi connectivity index (χ2v) is 5.51. The first kappa shape index (κ1) is 14.3. The predicted molar refractivity (Wildman–Crippen MR) is 84.6 cm³/mol. The van der Waals surface area contributed by atoms with Gasteiger partial charge in [-0.05, 0) is 44.0 Å². The van der Waals surface area contributed by atoms with E-state index in [1.807, 2.05) is 25.1 Å². The summed E-state index contributed by atoms with van der Waals surface area (Å²) in [4.78, 5) is 6.52. The summed E-state index contributed by atoms with van der Waals surface area (Å²) in [6.45, 7) is 3.81. The monoisotopic (exact) mass is 294 g/mol. The van der Waals surface area contributed by atoms with Gasteiger partial charge in [-0.25, -0.2) is 4.98 Å². The Labute approximate surface area is 129 Å². The average molecular weight is 294 g/mol. The van der Waals surface area contributed by atoms with E-state index < -0.39 is 0 Å². The molecule has 6 heteroatoms. The number of nitriles is 1. The molecular formula is C16H18N6. The van der Waals surface area contributed by atoms with Crippen LogP contribution < -0.4 is 10.2 Å². The molecular weight excluding hydrogens is 276 g/mol. The van der Waals surface area contributed by atoms with Crippen molar-refractivity contribution < 1.29 is 0 Å². The predicted octanol–water partition coefficient (Wildman–Crippen LogP) is 2.13. The van der Waals surface area contributed by atoms with Crippen LogP contribution in [0.5, 0.6) is 0 Å². The summed E-state index contributed by atoms with van der Waals surface area (Å²) in [5.74, 6) is 1.73. The van der Waals surface area contributed by atoms with Gasteiger partial charge >= 0.3 is 0 Å². The van der Waals surface area contributed by atoms with Crippen molar-refractivity contribution >= 4 is 11.6 Å². The second kappa shape index (κ2) is 6.39. The molecule has 0 aliphatic carbocycles. The van der Waals surface area contributed by atoms with E-state index >= 15 is 0 Å². The number of piperidine rings is 1. The molecule has 0 spiro atoms. The van der Waals surface area contributed by atoms with Gasteiger partial charge in [-0.1, -0.05) is 0 Å². The van der Waals surface area contributed by atoms with E-state index in [1.165, 1.54) is 0 Å². The van der Waals surface area contributed by atoms with Crippen LogP contribution in [0.15, 0.2) is 30.5 Å². The van der Waals surface area contributed by atoms with Gasteiger partial charge in [0.1, 0.15) is 11.9 Å². The highest BCUT2D eigenvalue weighted by Crippen LogP contribution is 2.19. The Morgan fingerprint density at radius 3 is 2.86 bits per heavy atom. The van der Waals surface area contributed by atoms with Crippen molar-refractivity contribution in [3.05, 3.63) is 41.7 Å². The summed E-state index contributed by atoms with van der Waals surface area (Å²) in [6, 6.07) is 10.0. The fourth-order valence-electron chi connectivity index (χ4n) is 2.62. The fourth-order valence-corrected chi connectivity index (χ4v) is 2.62. The number of hydrogen-bond donors (Lipinski definition) is 1. The molecule has 6 nitrogen and oxygen atoms in total. The Morgan fingerprint density at radius 1 is 1.27 bits per heavy atom.